The molecule has 5 rings (SSSR count). The van der Waals surface area contributed by atoms with Gasteiger partial charge in [-0.2, -0.15) is 12.6 Å². The van der Waals surface area contributed by atoms with Gasteiger partial charge in [0, 0.05) is 48.0 Å². The summed E-state index contributed by atoms with van der Waals surface area (Å²) in [6.07, 6.45) is 5.89. The largest absolute Gasteiger partial charge is 0.481 e. The molecule has 1 aliphatic heterocycles. The first-order chi connectivity index (χ1) is 21.0. The number of nitrogens with zero attached hydrogens (tertiary/aromatic N) is 4. The number of hydrogen-bond acceptors (Lipinski definition) is 7. The zero-order chi connectivity index (χ0) is 31.4. The summed E-state index contributed by atoms with van der Waals surface area (Å²) in [5.41, 5.74) is 4.58. The highest BCUT2D eigenvalue weighted by molar-refractivity contribution is 7.81. The number of rotatable bonds is 12. The zero-order valence-electron chi connectivity index (χ0n) is 26.2. The van der Waals surface area contributed by atoms with Crippen LogP contribution in [0, 0.1) is 25.7 Å². The smallest absolute Gasteiger partial charge is 0.303 e. The molecule has 0 radical (unpaired) electrons. The van der Waals surface area contributed by atoms with Crippen LogP contribution in [0.2, 0.25) is 0 Å². The van der Waals surface area contributed by atoms with Crippen LogP contribution in [-0.2, 0) is 4.79 Å². The second-order valence-electron chi connectivity index (χ2n) is 13.1. The number of anilines is 2. The molecule has 9 heteroatoms. The molecule has 1 saturated carbocycles. The van der Waals surface area contributed by atoms with Gasteiger partial charge in [-0.3, -0.25) is 14.5 Å². The van der Waals surface area contributed by atoms with Crippen LogP contribution in [0.1, 0.15) is 79.0 Å². The lowest BCUT2D eigenvalue weighted by Crippen LogP contribution is -2.42. The fourth-order valence-corrected chi connectivity index (χ4v) is 6.22. The Morgan fingerprint density at radius 2 is 1.84 bits per heavy atom. The fourth-order valence-electron chi connectivity index (χ4n) is 6.07. The Morgan fingerprint density at radius 3 is 2.50 bits per heavy atom. The summed E-state index contributed by atoms with van der Waals surface area (Å²) in [5, 5.41) is 9.39. The van der Waals surface area contributed by atoms with Gasteiger partial charge in [0.25, 0.3) is 5.91 Å². The number of benzene rings is 1. The van der Waals surface area contributed by atoms with Gasteiger partial charge in [-0.1, -0.05) is 12.1 Å². The van der Waals surface area contributed by atoms with E-state index in [-0.39, 0.29) is 18.2 Å². The molecule has 3 aromatic rings. The van der Waals surface area contributed by atoms with Gasteiger partial charge in [0.05, 0.1) is 18.6 Å². The number of ether oxygens (including phenoxy) is 1. The highest BCUT2D eigenvalue weighted by Crippen LogP contribution is 2.45. The van der Waals surface area contributed by atoms with Crippen molar-refractivity contribution in [3.63, 3.8) is 0 Å². The van der Waals surface area contributed by atoms with Crippen LogP contribution in [-0.4, -0.2) is 57.9 Å². The monoisotopic (exact) mass is 616 g/mol. The maximum absolute atomic E-state index is 14.2. The molecule has 1 aromatic carbocycles. The van der Waals surface area contributed by atoms with Gasteiger partial charge in [0.1, 0.15) is 5.82 Å². The second kappa shape index (κ2) is 13.6. The van der Waals surface area contributed by atoms with E-state index in [2.05, 4.69) is 27.9 Å². The van der Waals surface area contributed by atoms with Crippen molar-refractivity contribution >= 4 is 36.0 Å². The lowest BCUT2D eigenvalue weighted by molar-refractivity contribution is -0.137. The van der Waals surface area contributed by atoms with E-state index in [1.807, 2.05) is 63.2 Å². The minimum Gasteiger partial charge on any atom is -0.481 e. The maximum Gasteiger partial charge on any atom is 0.303 e. The van der Waals surface area contributed by atoms with E-state index in [0.29, 0.717) is 42.2 Å². The average molecular weight is 617 g/mol. The lowest BCUT2D eigenvalue weighted by atomic mass is 9.92. The lowest BCUT2D eigenvalue weighted by Gasteiger charge is -2.36. The number of aromatic nitrogens is 2. The van der Waals surface area contributed by atoms with Crippen molar-refractivity contribution in [1.29, 1.82) is 0 Å². The van der Waals surface area contributed by atoms with Gasteiger partial charge < -0.3 is 14.7 Å². The third-order valence-corrected chi connectivity index (χ3v) is 8.66. The van der Waals surface area contributed by atoms with E-state index in [1.165, 1.54) is 0 Å². The Balaban J connectivity index is 1.26. The Labute approximate surface area is 266 Å². The van der Waals surface area contributed by atoms with Gasteiger partial charge >= 0.3 is 5.97 Å². The molecular weight excluding hydrogens is 572 g/mol. The minimum absolute atomic E-state index is 0.0174. The van der Waals surface area contributed by atoms with Crippen LogP contribution in [0.4, 0.5) is 11.5 Å². The van der Waals surface area contributed by atoms with Gasteiger partial charge in [0.15, 0.2) is 0 Å². The summed E-state index contributed by atoms with van der Waals surface area (Å²) >= 11 is 4.75. The Morgan fingerprint density at radius 1 is 1.09 bits per heavy atom. The summed E-state index contributed by atoms with van der Waals surface area (Å²) in [6.45, 7) is 10.6. The Hall–Kier alpha value is -3.59. The molecule has 1 atom stereocenters. The van der Waals surface area contributed by atoms with Crippen molar-refractivity contribution in [1.82, 2.24) is 9.97 Å². The molecule has 1 saturated heterocycles. The van der Waals surface area contributed by atoms with Crippen LogP contribution in [0.5, 0.6) is 5.88 Å². The first kappa shape index (κ1) is 31.8. The molecule has 2 fully saturated rings. The highest BCUT2D eigenvalue weighted by Gasteiger charge is 2.34. The van der Waals surface area contributed by atoms with E-state index in [1.54, 1.807) is 11.1 Å². The third-order valence-electron chi connectivity index (χ3n) is 8.52. The highest BCUT2D eigenvalue weighted by atomic mass is 32.1. The van der Waals surface area contributed by atoms with E-state index >= 15 is 0 Å². The summed E-state index contributed by atoms with van der Waals surface area (Å²) in [4.78, 5) is 38.7. The second-order valence-corrected chi connectivity index (χ2v) is 14.3. The minimum atomic E-state index is -0.767. The van der Waals surface area contributed by atoms with Crippen molar-refractivity contribution in [2.45, 2.75) is 70.5 Å². The van der Waals surface area contributed by atoms with Crippen molar-refractivity contribution in [3.05, 3.63) is 77.1 Å². The molecule has 1 amide bonds. The Kier molecular flexibility index (Phi) is 9.83. The van der Waals surface area contributed by atoms with Crippen molar-refractivity contribution < 1.29 is 19.4 Å². The predicted molar refractivity (Wildman–Crippen MR) is 177 cm³/mol. The summed E-state index contributed by atoms with van der Waals surface area (Å²) < 4.78 is 5.74. The average Bonchev–Trinajstić information content (AvgIpc) is 3.83. The number of carbonyl (C=O) groups excluding carboxylic acids is 1. The zero-order valence-corrected chi connectivity index (χ0v) is 27.1. The van der Waals surface area contributed by atoms with Gasteiger partial charge in [-0.25, -0.2) is 9.97 Å². The van der Waals surface area contributed by atoms with Crippen LogP contribution >= 0.6 is 12.6 Å². The van der Waals surface area contributed by atoms with Gasteiger partial charge in [-0.05, 0) is 113 Å². The molecule has 8 nitrogen and oxygen atoms in total. The summed E-state index contributed by atoms with van der Waals surface area (Å²) in [5.74, 6) is 1.16. The van der Waals surface area contributed by atoms with Crippen molar-refractivity contribution in [2.75, 3.05) is 36.0 Å². The number of thiol groups is 1. The molecule has 1 unspecified atom stereocenters. The normalized spacial score (nSPS) is 16.4. The van der Waals surface area contributed by atoms with Crippen molar-refractivity contribution in [2.24, 2.45) is 11.8 Å². The van der Waals surface area contributed by atoms with Crippen LogP contribution in [0.25, 0.3) is 0 Å². The third kappa shape index (κ3) is 8.31. The molecule has 1 N–H and O–H groups in total. The standard InChI is InChI=1S/C35H44N4O4S/c1-23-8-11-28(34(42)39(22-35(3,4)44)31-7-5-6-24(2)37-31)30(18-23)38-16-13-25(14-17-38)21-43-32-19-27(12-15-36-32)29(20-33(40)41)26-9-10-26/h5-8,11-12,15,18-19,25-26,29,44H,9-10,13-14,16-17,20-22H2,1-4H3,(H,40,41). The van der Waals surface area contributed by atoms with E-state index < -0.39 is 10.7 Å². The number of pyridine rings is 2. The number of aliphatic carboxylic acids is 1. The molecule has 0 spiro atoms. The molecule has 0 bridgehead atoms. The molecule has 44 heavy (non-hydrogen) atoms. The number of carboxylic acid groups (broad SMARTS) is 1. The topological polar surface area (TPSA) is 95.9 Å². The number of hydrogen-bond donors (Lipinski definition) is 2. The molecule has 3 heterocycles. The van der Waals surface area contributed by atoms with Gasteiger partial charge in [-0.15, -0.1) is 0 Å². The number of amides is 1. The van der Waals surface area contributed by atoms with E-state index in [4.69, 9.17) is 17.4 Å². The summed E-state index contributed by atoms with van der Waals surface area (Å²) in [7, 11) is 0. The van der Waals surface area contributed by atoms with E-state index in [9.17, 15) is 14.7 Å². The van der Waals surface area contributed by atoms with Crippen LogP contribution < -0.4 is 14.5 Å². The predicted octanol–water partition coefficient (Wildman–Crippen LogP) is 6.71. The van der Waals surface area contributed by atoms with Crippen LogP contribution in [0.3, 0.4) is 0 Å². The van der Waals surface area contributed by atoms with Crippen molar-refractivity contribution in [3.8, 4) is 5.88 Å². The SMILES string of the molecule is Cc1ccc(C(=O)N(CC(C)(C)S)c2cccc(C)n2)c(N2CCC(COc3cc(C(CC(=O)O)C4CC4)ccn3)CC2)c1. The maximum atomic E-state index is 14.2. The van der Waals surface area contributed by atoms with Gasteiger partial charge in [0.2, 0.25) is 5.88 Å². The van der Waals surface area contributed by atoms with Crippen LogP contribution in [0.15, 0.2) is 54.7 Å². The first-order valence-corrected chi connectivity index (χ1v) is 16.1. The molecule has 1 aliphatic carbocycles. The first-order valence-electron chi connectivity index (χ1n) is 15.6. The number of carbonyl (C=O) groups is 2. The number of carboxylic acids is 1. The Bertz CT molecular complexity index is 1480. The molecule has 2 aromatic heterocycles. The molecule has 234 valence electrons. The molecular formula is C35H44N4O4S. The number of aryl methyl sites for hydroxylation is 2. The molecule has 2 aliphatic rings. The van der Waals surface area contributed by atoms with E-state index in [0.717, 1.165) is 61.3 Å². The number of piperidine rings is 1. The summed E-state index contributed by atoms with van der Waals surface area (Å²) in [6, 6.07) is 15.6. The fraction of sp³-hybridized carbons (Fsp3) is 0.486. The quantitative estimate of drug-likeness (QED) is 0.218.